The fourth-order valence-corrected chi connectivity index (χ4v) is 2.43. The molecule has 0 unspecified atom stereocenters. The summed E-state index contributed by atoms with van der Waals surface area (Å²) in [5, 5.41) is 0. The molecule has 7 heavy (non-hydrogen) atoms. The van der Waals surface area contributed by atoms with Gasteiger partial charge in [0.15, 0.2) is 0 Å². The van der Waals surface area contributed by atoms with Crippen LogP contribution in [-0.4, -0.2) is 0 Å². The zero-order chi connectivity index (χ0) is 4.69. The summed E-state index contributed by atoms with van der Waals surface area (Å²) < 4.78 is 0. The van der Waals surface area contributed by atoms with Crippen LogP contribution < -0.4 is 0 Å². The second-order valence-corrected chi connectivity index (χ2v) is 4.60. The molecule has 1 heteroatoms. The first-order chi connectivity index (χ1) is 3.45. The summed E-state index contributed by atoms with van der Waals surface area (Å²) in [6.45, 7) is 0. The fraction of sp³-hybridized carbons (Fsp3) is 1.00. The van der Waals surface area contributed by atoms with Crippen LogP contribution in [0.4, 0.5) is 0 Å². The Morgan fingerprint density at radius 3 is 1.57 bits per heavy atom. The van der Waals surface area contributed by atoms with Crippen LogP contribution in [0.25, 0.3) is 0 Å². The maximum atomic E-state index is 1.58. The maximum absolute atomic E-state index is 1.58. The number of rotatable bonds is 2. The van der Waals surface area contributed by atoms with Crippen LogP contribution >= 0.6 is 0 Å². The Kier molecular flexibility index (Phi) is 0.942. The molecule has 0 bridgehead atoms. The third-order valence-electron chi connectivity index (χ3n) is 1.32. The fourth-order valence-electron chi connectivity index (χ4n) is 0.589. The minimum atomic E-state index is 1.19. The van der Waals surface area contributed by atoms with E-state index in [1.165, 1.54) is 9.63 Å². The van der Waals surface area contributed by atoms with Crippen molar-refractivity contribution in [1.82, 2.24) is 0 Å². The van der Waals surface area contributed by atoms with Crippen LogP contribution in [0.15, 0.2) is 0 Å². The van der Waals surface area contributed by atoms with Gasteiger partial charge < -0.3 is 0 Å². The molecule has 0 aromatic carbocycles. The van der Waals surface area contributed by atoms with Gasteiger partial charge in [0.1, 0.15) is 0 Å². The van der Waals surface area contributed by atoms with Crippen LogP contribution in [0.2, 0.25) is 9.63 Å². The molecular weight excluding hydrogens is 128 g/mol. The van der Waals surface area contributed by atoms with Gasteiger partial charge in [-0.1, -0.05) is 0 Å². The Bertz CT molecular complexity index is 62.2. The molecule has 2 aliphatic rings. The van der Waals surface area contributed by atoms with Crippen LogP contribution in [0.3, 0.4) is 0 Å². The zero-order valence-electron chi connectivity index (χ0n) is 4.34. The van der Waals surface area contributed by atoms with Crippen molar-refractivity contribution < 1.29 is 15.0 Å². The van der Waals surface area contributed by atoms with Crippen LogP contribution in [0, 0.1) is 0 Å². The van der Waals surface area contributed by atoms with Gasteiger partial charge in [0.05, 0.1) is 0 Å². The summed E-state index contributed by atoms with van der Waals surface area (Å²) in [4.78, 5) is 2.37. The molecule has 2 saturated carbocycles. The topological polar surface area (TPSA) is 0 Å². The SMILES string of the molecule is C1C[CH]1[Fe][CH]1CC1. The Labute approximate surface area is 50.8 Å². The molecule has 0 aromatic heterocycles. The minimum absolute atomic E-state index is 1.19. The first kappa shape index (κ1) is 4.40. The average molecular weight is 138 g/mol. The molecule has 42 valence electrons. The van der Waals surface area contributed by atoms with Crippen molar-refractivity contribution in [1.29, 1.82) is 0 Å². The van der Waals surface area contributed by atoms with E-state index >= 15 is 0 Å². The van der Waals surface area contributed by atoms with Gasteiger partial charge >= 0.3 is 50.3 Å². The molecule has 0 amide bonds. The van der Waals surface area contributed by atoms with Gasteiger partial charge in [0, 0.05) is 0 Å². The normalized spacial score (nSPS) is 31.4. The van der Waals surface area contributed by atoms with E-state index in [1.807, 2.05) is 0 Å². The van der Waals surface area contributed by atoms with Crippen molar-refractivity contribution >= 4 is 0 Å². The van der Waals surface area contributed by atoms with E-state index in [1.54, 1.807) is 40.6 Å². The second-order valence-electron chi connectivity index (χ2n) is 2.43. The van der Waals surface area contributed by atoms with Crippen molar-refractivity contribution in [2.24, 2.45) is 0 Å². The molecular formula is C6H10Fe. The molecule has 0 spiro atoms. The Hall–Kier alpha value is 0.519. The third kappa shape index (κ3) is 1.20. The van der Waals surface area contributed by atoms with E-state index < -0.39 is 0 Å². The predicted molar refractivity (Wildman–Crippen MR) is 26.0 cm³/mol. The van der Waals surface area contributed by atoms with Crippen molar-refractivity contribution in [2.45, 2.75) is 35.3 Å². The summed E-state index contributed by atoms with van der Waals surface area (Å²) in [6.07, 6.45) is 6.21. The molecule has 0 heterocycles. The first-order valence-electron chi connectivity index (χ1n) is 3.04. The van der Waals surface area contributed by atoms with Crippen LogP contribution in [0.5, 0.6) is 0 Å². The second kappa shape index (κ2) is 1.50. The van der Waals surface area contributed by atoms with E-state index in [9.17, 15) is 0 Å². The van der Waals surface area contributed by atoms with Crippen molar-refractivity contribution in [3.63, 3.8) is 0 Å². The first-order valence-corrected chi connectivity index (χ1v) is 4.32. The number of hydrogen-bond acceptors (Lipinski definition) is 0. The average Bonchev–Trinajstić information content (AvgIpc) is 2.33. The Morgan fingerprint density at radius 2 is 1.29 bits per heavy atom. The molecule has 2 rings (SSSR count). The van der Waals surface area contributed by atoms with E-state index in [-0.39, 0.29) is 0 Å². The van der Waals surface area contributed by atoms with Crippen LogP contribution in [-0.2, 0) is 15.0 Å². The Balaban J connectivity index is 1.69. The van der Waals surface area contributed by atoms with Gasteiger partial charge in [-0.15, -0.1) is 0 Å². The van der Waals surface area contributed by atoms with Gasteiger partial charge in [-0.3, -0.25) is 0 Å². The van der Waals surface area contributed by atoms with Gasteiger partial charge in [-0.25, -0.2) is 0 Å². The Morgan fingerprint density at radius 1 is 0.857 bits per heavy atom. The summed E-state index contributed by atoms with van der Waals surface area (Å²) in [7, 11) is 0. The zero-order valence-corrected chi connectivity index (χ0v) is 5.44. The van der Waals surface area contributed by atoms with E-state index in [0.29, 0.717) is 0 Å². The standard InChI is InChI=1S/2C3H5.Fe/c2*1-2-3-1;/h2*1H,2-3H2;. The number of hydrogen-bond donors (Lipinski definition) is 0. The third-order valence-corrected chi connectivity index (χ3v) is 3.63. The van der Waals surface area contributed by atoms with Crippen LogP contribution in [0.1, 0.15) is 25.7 Å². The summed E-state index contributed by atoms with van der Waals surface area (Å²) in [5.41, 5.74) is 0. The van der Waals surface area contributed by atoms with E-state index in [4.69, 9.17) is 0 Å². The van der Waals surface area contributed by atoms with Gasteiger partial charge in [0.25, 0.3) is 0 Å². The van der Waals surface area contributed by atoms with E-state index in [0.717, 1.165) is 0 Å². The molecule has 0 nitrogen and oxygen atoms in total. The molecule has 0 aliphatic heterocycles. The molecule has 0 aromatic rings. The van der Waals surface area contributed by atoms with Crippen molar-refractivity contribution in [2.75, 3.05) is 0 Å². The van der Waals surface area contributed by atoms with Crippen molar-refractivity contribution in [3.05, 3.63) is 0 Å². The summed E-state index contributed by atoms with van der Waals surface area (Å²) >= 11 is 1.58. The quantitative estimate of drug-likeness (QED) is 0.513. The monoisotopic (exact) mass is 138 g/mol. The predicted octanol–water partition coefficient (Wildman–Crippen LogP) is 2.23. The van der Waals surface area contributed by atoms with E-state index in [2.05, 4.69) is 0 Å². The summed E-state index contributed by atoms with van der Waals surface area (Å²) in [6, 6.07) is 0. The molecule has 0 N–H and O–H groups in total. The van der Waals surface area contributed by atoms with Gasteiger partial charge in [-0.2, -0.15) is 0 Å². The van der Waals surface area contributed by atoms with Gasteiger partial charge in [0.2, 0.25) is 0 Å². The molecule has 2 fully saturated rings. The van der Waals surface area contributed by atoms with Crippen molar-refractivity contribution in [3.8, 4) is 0 Å². The summed E-state index contributed by atoms with van der Waals surface area (Å²) in [5.74, 6) is 0. The molecule has 0 radical (unpaired) electrons. The molecule has 0 atom stereocenters. The molecule has 0 saturated heterocycles. The molecule has 2 aliphatic carbocycles. The van der Waals surface area contributed by atoms with Gasteiger partial charge in [-0.05, 0) is 0 Å².